The zero-order valence-electron chi connectivity index (χ0n) is 14.9. The lowest BCUT2D eigenvalue weighted by Crippen LogP contribution is -2.46. The summed E-state index contributed by atoms with van der Waals surface area (Å²) in [5.41, 5.74) is -1.99. The van der Waals surface area contributed by atoms with E-state index in [1.54, 1.807) is 26.8 Å². The molecule has 140 valence electrons. The smallest absolute Gasteiger partial charge is 0.350 e. The molecule has 1 N–H and O–H groups in total. The predicted octanol–water partition coefficient (Wildman–Crippen LogP) is 3.24. The Balaban J connectivity index is 2.40. The van der Waals surface area contributed by atoms with Crippen molar-refractivity contribution in [2.45, 2.75) is 32.5 Å². The fraction of sp³-hybridized carbons (Fsp3) is 0.389. The zero-order valence-corrected chi connectivity index (χ0v) is 14.9. The molecule has 0 unspecified atom stereocenters. The molecule has 1 aromatic heterocycles. The Bertz CT molecular complexity index is 842. The molecule has 1 aromatic carbocycles. The van der Waals surface area contributed by atoms with Crippen molar-refractivity contribution in [1.82, 2.24) is 15.2 Å². The van der Waals surface area contributed by atoms with Gasteiger partial charge in [-0.3, -0.25) is 14.6 Å². The molecule has 0 fully saturated rings. The molecular formula is C18H20F3N3O2. The molecule has 1 heterocycles. The van der Waals surface area contributed by atoms with Crippen LogP contribution in [0.25, 0.3) is 10.9 Å². The molecule has 0 saturated carbocycles. The van der Waals surface area contributed by atoms with Crippen molar-refractivity contribution < 1.29 is 22.8 Å². The van der Waals surface area contributed by atoms with Crippen molar-refractivity contribution in [1.29, 1.82) is 0 Å². The van der Waals surface area contributed by atoms with Crippen molar-refractivity contribution >= 4 is 22.7 Å². The first-order valence-corrected chi connectivity index (χ1v) is 7.91. The lowest BCUT2D eigenvalue weighted by atomic mass is 10.0. The van der Waals surface area contributed by atoms with Crippen molar-refractivity contribution in [3.8, 4) is 0 Å². The molecule has 0 atom stereocenters. The number of hydrogen-bond acceptors (Lipinski definition) is 3. The second-order valence-corrected chi connectivity index (χ2v) is 7.02. The van der Waals surface area contributed by atoms with Crippen LogP contribution in [0.2, 0.25) is 0 Å². The predicted molar refractivity (Wildman–Crippen MR) is 91.6 cm³/mol. The third kappa shape index (κ3) is 4.50. The van der Waals surface area contributed by atoms with Crippen molar-refractivity contribution in [3.63, 3.8) is 0 Å². The van der Waals surface area contributed by atoms with Gasteiger partial charge in [0.25, 0.3) is 5.91 Å². The van der Waals surface area contributed by atoms with Crippen molar-refractivity contribution in [2.24, 2.45) is 0 Å². The van der Waals surface area contributed by atoms with Gasteiger partial charge in [-0.05, 0) is 26.8 Å². The van der Waals surface area contributed by atoms with E-state index in [0.717, 1.165) is 11.1 Å². The second-order valence-electron chi connectivity index (χ2n) is 7.02. The van der Waals surface area contributed by atoms with Crippen LogP contribution >= 0.6 is 0 Å². The Morgan fingerprint density at radius 2 is 1.77 bits per heavy atom. The molecule has 0 bridgehead atoms. The Morgan fingerprint density at radius 1 is 1.15 bits per heavy atom. The topological polar surface area (TPSA) is 62.3 Å². The molecule has 26 heavy (non-hydrogen) atoms. The Labute approximate surface area is 149 Å². The van der Waals surface area contributed by atoms with E-state index in [2.05, 4.69) is 10.3 Å². The van der Waals surface area contributed by atoms with Gasteiger partial charge in [-0.1, -0.05) is 18.2 Å². The van der Waals surface area contributed by atoms with Crippen LogP contribution in [-0.4, -0.2) is 40.8 Å². The van der Waals surface area contributed by atoms with Crippen LogP contribution in [0.4, 0.5) is 13.2 Å². The maximum absolute atomic E-state index is 13.6. The molecular weight excluding hydrogens is 347 g/mol. The highest BCUT2D eigenvalue weighted by molar-refractivity contribution is 6.01. The number of benzene rings is 1. The van der Waals surface area contributed by atoms with Crippen LogP contribution in [0.5, 0.6) is 0 Å². The molecule has 5 nitrogen and oxygen atoms in total. The number of alkyl halides is 3. The molecule has 8 heteroatoms. The fourth-order valence-corrected chi connectivity index (χ4v) is 2.56. The highest BCUT2D eigenvalue weighted by Gasteiger charge is 2.38. The van der Waals surface area contributed by atoms with Crippen LogP contribution in [0.3, 0.4) is 0 Å². The molecule has 0 spiro atoms. The van der Waals surface area contributed by atoms with E-state index in [1.165, 1.54) is 25.2 Å². The van der Waals surface area contributed by atoms with Crippen LogP contribution in [0.15, 0.2) is 30.5 Å². The van der Waals surface area contributed by atoms with E-state index in [9.17, 15) is 22.8 Å². The Kier molecular flexibility index (Phi) is 5.25. The highest BCUT2D eigenvalue weighted by Crippen LogP contribution is 2.37. The van der Waals surface area contributed by atoms with Crippen LogP contribution in [0, 0.1) is 0 Å². The van der Waals surface area contributed by atoms with Crippen LogP contribution < -0.4 is 5.32 Å². The van der Waals surface area contributed by atoms with Gasteiger partial charge >= 0.3 is 6.18 Å². The molecule has 0 aliphatic carbocycles. The Morgan fingerprint density at radius 3 is 2.35 bits per heavy atom. The average molecular weight is 367 g/mol. The zero-order chi connectivity index (χ0) is 19.7. The summed E-state index contributed by atoms with van der Waals surface area (Å²) in [6.07, 6.45) is -3.83. The van der Waals surface area contributed by atoms with Crippen molar-refractivity contribution in [3.05, 3.63) is 41.6 Å². The van der Waals surface area contributed by atoms with Gasteiger partial charge in [-0.25, -0.2) is 0 Å². The maximum atomic E-state index is 13.6. The summed E-state index contributed by atoms with van der Waals surface area (Å²) in [4.78, 5) is 29.4. The third-order valence-corrected chi connectivity index (χ3v) is 3.53. The first-order valence-electron chi connectivity index (χ1n) is 7.91. The lowest BCUT2D eigenvalue weighted by Gasteiger charge is -2.24. The molecule has 0 saturated heterocycles. The lowest BCUT2D eigenvalue weighted by molar-refractivity contribution is -0.136. The molecule has 0 radical (unpaired) electrons. The number of hydrogen-bond donors (Lipinski definition) is 1. The van der Waals surface area contributed by atoms with E-state index in [0.29, 0.717) is 0 Å². The number of likely N-dealkylation sites (N-methyl/N-ethyl adjacent to an activating group) is 1. The quantitative estimate of drug-likeness (QED) is 0.906. The van der Waals surface area contributed by atoms with Crippen LogP contribution in [-0.2, 0) is 11.0 Å². The van der Waals surface area contributed by atoms with E-state index in [4.69, 9.17) is 0 Å². The van der Waals surface area contributed by atoms with E-state index in [1.807, 2.05) is 0 Å². The van der Waals surface area contributed by atoms with Gasteiger partial charge in [0.05, 0.1) is 23.2 Å². The second kappa shape index (κ2) is 6.93. The number of nitrogens with one attached hydrogen (secondary N) is 1. The van der Waals surface area contributed by atoms with E-state index < -0.39 is 34.7 Å². The number of pyridine rings is 1. The number of para-hydroxylation sites is 1. The highest BCUT2D eigenvalue weighted by atomic mass is 19.4. The Hall–Kier alpha value is -2.64. The minimum absolute atomic E-state index is 0.143. The van der Waals surface area contributed by atoms with Gasteiger partial charge in [0, 0.05) is 24.2 Å². The fourth-order valence-electron chi connectivity index (χ4n) is 2.56. The summed E-state index contributed by atoms with van der Waals surface area (Å²) in [6, 6.07) is 5.74. The summed E-state index contributed by atoms with van der Waals surface area (Å²) in [5.74, 6) is -1.38. The number of nitrogens with zero attached hydrogens (tertiary/aromatic N) is 2. The monoisotopic (exact) mass is 367 g/mol. The largest absolute Gasteiger partial charge is 0.417 e. The minimum Gasteiger partial charge on any atom is -0.350 e. The normalized spacial score (nSPS) is 12.1. The number of halogens is 3. The average Bonchev–Trinajstić information content (AvgIpc) is 2.50. The first-order chi connectivity index (χ1) is 11.9. The van der Waals surface area contributed by atoms with Gasteiger partial charge in [-0.15, -0.1) is 0 Å². The summed E-state index contributed by atoms with van der Waals surface area (Å²) < 4.78 is 40.8. The van der Waals surface area contributed by atoms with Gasteiger partial charge in [0.1, 0.15) is 0 Å². The van der Waals surface area contributed by atoms with E-state index >= 15 is 0 Å². The summed E-state index contributed by atoms with van der Waals surface area (Å²) in [5, 5.41) is 2.51. The number of carbonyl (C=O) groups is 2. The van der Waals surface area contributed by atoms with Gasteiger partial charge in [0.15, 0.2) is 0 Å². The van der Waals surface area contributed by atoms with E-state index in [-0.39, 0.29) is 17.4 Å². The van der Waals surface area contributed by atoms with Gasteiger partial charge in [-0.2, -0.15) is 13.2 Å². The van der Waals surface area contributed by atoms with Crippen molar-refractivity contribution in [2.75, 3.05) is 13.6 Å². The first kappa shape index (κ1) is 19.7. The number of fused-ring (bicyclic) bond motifs is 1. The maximum Gasteiger partial charge on any atom is 0.417 e. The SMILES string of the molecule is CN(CC(=O)NC(C)(C)C)C(=O)c1cnc2ccccc2c1C(F)(F)F. The molecule has 0 aliphatic heterocycles. The summed E-state index contributed by atoms with van der Waals surface area (Å²) in [7, 11) is 1.28. The number of aromatic nitrogens is 1. The van der Waals surface area contributed by atoms with Crippen LogP contribution in [0.1, 0.15) is 36.7 Å². The number of rotatable bonds is 3. The molecule has 0 aliphatic rings. The minimum atomic E-state index is -4.73. The standard InChI is InChI=1S/C18H20F3N3O2/c1-17(2,3)23-14(25)10-24(4)16(26)12-9-22-13-8-6-5-7-11(13)15(12)18(19,20)21/h5-9H,10H2,1-4H3,(H,23,25). The van der Waals surface area contributed by atoms with Gasteiger partial charge < -0.3 is 10.2 Å². The van der Waals surface area contributed by atoms with Gasteiger partial charge in [0.2, 0.25) is 5.91 Å². The number of amides is 2. The third-order valence-electron chi connectivity index (χ3n) is 3.53. The molecule has 2 amide bonds. The summed E-state index contributed by atoms with van der Waals surface area (Å²) in [6.45, 7) is 4.94. The number of carbonyl (C=O) groups excluding carboxylic acids is 2. The molecule has 2 rings (SSSR count). The molecule has 2 aromatic rings. The summed E-state index contributed by atoms with van der Waals surface area (Å²) >= 11 is 0.